The minimum absolute atomic E-state index is 0.0646. The van der Waals surface area contributed by atoms with Crippen molar-refractivity contribution in [2.24, 2.45) is 0 Å². The summed E-state index contributed by atoms with van der Waals surface area (Å²) in [5.41, 5.74) is 1.89. The molecule has 0 radical (unpaired) electrons. The molecule has 1 atom stereocenters. The zero-order valence-electron chi connectivity index (χ0n) is 18.3. The van der Waals surface area contributed by atoms with E-state index in [4.69, 9.17) is 11.6 Å². The highest BCUT2D eigenvalue weighted by atomic mass is 35.5. The van der Waals surface area contributed by atoms with Crippen molar-refractivity contribution < 1.29 is 9.59 Å². The lowest BCUT2D eigenvalue weighted by Crippen LogP contribution is -2.40. The first-order valence-electron chi connectivity index (χ1n) is 10.8. The molecule has 7 nitrogen and oxygen atoms in total. The lowest BCUT2D eigenvalue weighted by Gasteiger charge is -2.19. The highest BCUT2D eigenvalue weighted by Gasteiger charge is 2.22. The van der Waals surface area contributed by atoms with Crippen molar-refractivity contribution >= 4 is 34.3 Å². The Kier molecular flexibility index (Phi) is 7.34. The summed E-state index contributed by atoms with van der Waals surface area (Å²) in [6, 6.07) is 22.4. The van der Waals surface area contributed by atoms with Crippen molar-refractivity contribution in [2.45, 2.75) is 25.4 Å². The van der Waals surface area contributed by atoms with Gasteiger partial charge in [0.25, 0.3) is 5.56 Å². The minimum atomic E-state index is -0.857. The third-order valence-corrected chi connectivity index (χ3v) is 5.58. The third kappa shape index (κ3) is 5.88. The number of benzene rings is 3. The lowest BCUT2D eigenvalue weighted by molar-refractivity contribution is -0.129. The number of H-pyrrole nitrogens is 1. The van der Waals surface area contributed by atoms with Crippen molar-refractivity contribution in [1.29, 1.82) is 0 Å². The second-order valence-electron chi connectivity index (χ2n) is 7.79. The fourth-order valence-electron chi connectivity index (χ4n) is 3.56. The quantitative estimate of drug-likeness (QED) is 0.362. The zero-order valence-corrected chi connectivity index (χ0v) is 19.0. The van der Waals surface area contributed by atoms with Crippen LogP contribution in [0.5, 0.6) is 0 Å². The Hall–Kier alpha value is -3.97. The number of carbonyl (C=O) groups excluding carboxylic acids is 2. The van der Waals surface area contributed by atoms with Crippen molar-refractivity contribution in [3.8, 4) is 0 Å². The molecule has 1 unspecified atom stereocenters. The number of para-hydroxylation sites is 1. The Morgan fingerprint density at radius 3 is 2.41 bits per heavy atom. The van der Waals surface area contributed by atoms with Crippen LogP contribution in [0.4, 0.5) is 0 Å². The van der Waals surface area contributed by atoms with E-state index in [0.29, 0.717) is 33.9 Å². The highest BCUT2D eigenvalue weighted by molar-refractivity contribution is 6.30. The Morgan fingerprint density at radius 2 is 1.65 bits per heavy atom. The Balaban J connectivity index is 1.42. The van der Waals surface area contributed by atoms with Crippen LogP contribution in [-0.4, -0.2) is 21.8 Å². The molecule has 2 amide bonds. The van der Waals surface area contributed by atoms with E-state index in [1.165, 1.54) is 0 Å². The molecule has 4 rings (SSSR count). The van der Waals surface area contributed by atoms with Gasteiger partial charge in [0.1, 0.15) is 11.9 Å². The molecule has 3 aromatic carbocycles. The molecule has 34 heavy (non-hydrogen) atoms. The predicted molar refractivity (Wildman–Crippen MR) is 131 cm³/mol. The van der Waals surface area contributed by atoms with Crippen LogP contribution in [0.25, 0.3) is 10.9 Å². The number of aromatic nitrogens is 2. The number of nitrogens with zero attached hydrogens (tertiary/aromatic N) is 1. The largest absolute Gasteiger partial charge is 0.350 e. The topological polar surface area (TPSA) is 104 Å². The summed E-state index contributed by atoms with van der Waals surface area (Å²) in [6.45, 7) is 0.303. The summed E-state index contributed by atoms with van der Waals surface area (Å²) in [4.78, 5) is 45.1. The maximum absolute atomic E-state index is 13.0. The van der Waals surface area contributed by atoms with Crippen molar-refractivity contribution in [3.63, 3.8) is 0 Å². The van der Waals surface area contributed by atoms with E-state index in [1.54, 1.807) is 48.5 Å². The zero-order chi connectivity index (χ0) is 23.9. The summed E-state index contributed by atoms with van der Waals surface area (Å²) >= 11 is 5.91. The molecule has 0 aliphatic carbocycles. The van der Waals surface area contributed by atoms with Gasteiger partial charge in [-0.3, -0.25) is 14.4 Å². The van der Waals surface area contributed by atoms with Gasteiger partial charge < -0.3 is 15.6 Å². The van der Waals surface area contributed by atoms with Crippen LogP contribution < -0.4 is 16.2 Å². The fraction of sp³-hybridized carbons (Fsp3) is 0.154. The first-order chi connectivity index (χ1) is 16.5. The molecular formula is C26H23ClN4O3. The maximum Gasteiger partial charge on any atom is 0.258 e. The van der Waals surface area contributed by atoms with Gasteiger partial charge in [-0.2, -0.15) is 0 Å². The predicted octanol–water partition coefficient (Wildman–Crippen LogP) is 3.68. The fourth-order valence-corrected chi connectivity index (χ4v) is 3.68. The molecule has 0 aliphatic rings. The summed E-state index contributed by atoms with van der Waals surface area (Å²) in [7, 11) is 0. The van der Waals surface area contributed by atoms with Crippen LogP contribution in [0.3, 0.4) is 0 Å². The molecule has 0 saturated heterocycles. The normalized spacial score (nSPS) is 11.7. The van der Waals surface area contributed by atoms with Gasteiger partial charge >= 0.3 is 0 Å². The molecule has 0 spiro atoms. The molecule has 0 bridgehead atoms. The van der Waals surface area contributed by atoms with Gasteiger partial charge in [-0.25, -0.2) is 4.98 Å². The van der Waals surface area contributed by atoms with Crippen molar-refractivity contribution in [1.82, 2.24) is 20.6 Å². The number of fused-ring (bicyclic) bond motifs is 1. The van der Waals surface area contributed by atoms with Crippen LogP contribution >= 0.6 is 11.6 Å². The minimum Gasteiger partial charge on any atom is -0.350 e. The highest BCUT2D eigenvalue weighted by Crippen LogP contribution is 2.15. The van der Waals surface area contributed by atoms with Crippen LogP contribution in [0.1, 0.15) is 29.4 Å². The molecule has 0 fully saturated rings. The molecule has 0 saturated carbocycles. The van der Waals surface area contributed by atoms with E-state index in [1.807, 2.05) is 30.3 Å². The van der Waals surface area contributed by atoms with E-state index in [-0.39, 0.29) is 30.2 Å². The summed E-state index contributed by atoms with van der Waals surface area (Å²) < 4.78 is 0. The van der Waals surface area contributed by atoms with Crippen molar-refractivity contribution in [2.75, 3.05) is 0 Å². The number of aromatic amines is 1. The van der Waals surface area contributed by atoms with Crippen LogP contribution in [-0.2, 0) is 22.6 Å². The van der Waals surface area contributed by atoms with Crippen LogP contribution in [0.2, 0.25) is 5.02 Å². The van der Waals surface area contributed by atoms with Crippen LogP contribution in [0, 0.1) is 0 Å². The summed E-state index contributed by atoms with van der Waals surface area (Å²) in [5.74, 6) is -0.236. The van der Waals surface area contributed by atoms with E-state index in [0.717, 1.165) is 5.56 Å². The van der Waals surface area contributed by atoms with E-state index < -0.39 is 6.04 Å². The molecule has 172 valence electrons. The summed E-state index contributed by atoms with van der Waals surface area (Å²) in [5, 5.41) is 6.79. The molecule has 1 aromatic heterocycles. The first kappa shape index (κ1) is 23.2. The molecule has 8 heteroatoms. The number of amides is 2. The molecule has 4 aromatic rings. The maximum atomic E-state index is 13.0. The van der Waals surface area contributed by atoms with Gasteiger partial charge in [0, 0.05) is 24.4 Å². The first-order valence-corrected chi connectivity index (χ1v) is 11.2. The van der Waals surface area contributed by atoms with Crippen LogP contribution in [0.15, 0.2) is 83.7 Å². The van der Waals surface area contributed by atoms with E-state index in [2.05, 4.69) is 20.6 Å². The average molecular weight is 475 g/mol. The Labute approximate surface area is 201 Å². The number of nitrogens with one attached hydrogen (secondary N) is 3. The second kappa shape index (κ2) is 10.8. The lowest BCUT2D eigenvalue weighted by atomic mass is 10.1. The molecule has 0 aliphatic heterocycles. The van der Waals surface area contributed by atoms with Gasteiger partial charge in [0.05, 0.1) is 10.9 Å². The van der Waals surface area contributed by atoms with Gasteiger partial charge in [-0.1, -0.05) is 66.2 Å². The Bertz CT molecular complexity index is 1350. The van der Waals surface area contributed by atoms with Gasteiger partial charge in [-0.05, 0) is 35.4 Å². The monoisotopic (exact) mass is 474 g/mol. The average Bonchev–Trinajstić information content (AvgIpc) is 2.86. The third-order valence-electron chi connectivity index (χ3n) is 5.33. The SMILES string of the molecule is O=C(CCc1nc2ccccc2c(=O)[nH]1)NC(C(=O)NCc1ccc(Cl)cc1)c1ccccc1. The molecule has 1 heterocycles. The second-order valence-corrected chi connectivity index (χ2v) is 8.22. The molecule has 3 N–H and O–H groups in total. The number of halogens is 1. The van der Waals surface area contributed by atoms with Gasteiger partial charge in [0.15, 0.2) is 0 Å². The number of carbonyl (C=O) groups is 2. The standard InChI is InChI=1S/C26H23ClN4O3/c27-19-12-10-17(11-13-19)16-28-26(34)24(18-6-2-1-3-7-18)31-23(32)15-14-22-29-21-9-5-4-8-20(21)25(33)30-22/h1-13,24H,14-16H2,(H,28,34)(H,31,32)(H,29,30,33). The number of aryl methyl sites for hydroxylation is 1. The number of rotatable bonds is 8. The van der Waals surface area contributed by atoms with E-state index in [9.17, 15) is 14.4 Å². The molecular weight excluding hydrogens is 452 g/mol. The number of hydrogen-bond acceptors (Lipinski definition) is 4. The van der Waals surface area contributed by atoms with Gasteiger partial charge in [0.2, 0.25) is 11.8 Å². The Morgan fingerprint density at radius 1 is 0.941 bits per heavy atom. The summed E-state index contributed by atoms with van der Waals surface area (Å²) in [6.07, 6.45) is 0.300. The van der Waals surface area contributed by atoms with E-state index >= 15 is 0 Å². The van der Waals surface area contributed by atoms with Crippen molar-refractivity contribution in [3.05, 3.63) is 111 Å². The number of hydrogen-bond donors (Lipinski definition) is 3. The van der Waals surface area contributed by atoms with Gasteiger partial charge in [-0.15, -0.1) is 0 Å². The smallest absolute Gasteiger partial charge is 0.258 e.